The van der Waals surface area contributed by atoms with Crippen LogP contribution in [-0.2, 0) is 6.18 Å². The van der Waals surface area contributed by atoms with E-state index >= 15 is 0 Å². The van der Waals surface area contributed by atoms with Gasteiger partial charge in [-0.2, -0.15) is 13.2 Å². The number of anilines is 3. The number of hydrogen-bond acceptors (Lipinski definition) is 4. The maximum Gasteiger partial charge on any atom is 0.416 e. The number of carbonyl (C=O) groups is 1. The fourth-order valence-corrected chi connectivity index (χ4v) is 2.57. The Balaban J connectivity index is 1.70. The Kier molecular flexibility index (Phi) is 5.30. The Bertz CT molecular complexity index is 1000. The third-order valence-corrected chi connectivity index (χ3v) is 3.98. The molecule has 144 valence electrons. The molecule has 0 aliphatic carbocycles. The molecule has 2 N–H and O–H groups in total. The lowest BCUT2D eigenvalue weighted by Crippen LogP contribution is -2.15. The van der Waals surface area contributed by atoms with Gasteiger partial charge < -0.3 is 10.6 Å². The van der Waals surface area contributed by atoms with Gasteiger partial charge in [0.1, 0.15) is 11.5 Å². The van der Waals surface area contributed by atoms with E-state index in [4.69, 9.17) is 0 Å². The maximum absolute atomic E-state index is 12.8. The van der Waals surface area contributed by atoms with Gasteiger partial charge in [0.05, 0.1) is 18.0 Å². The van der Waals surface area contributed by atoms with E-state index in [1.165, 1.54) is 24.5 Å². The number of nitrogens with zero attached hydrogens (tertiary/aromatic N) is 2. The second-order valence-corrected chi connectivity index (χ2v) is 6.26. The topological polar surface area (TPSA) is 66.9 Å². The average molecular weight is 386 g/mol. The number of benzene rings is 2. The summed E-state index contributed by atoms with van der Waals surface area (Å²) in [6, 6.07) is 10.4. The van der Waals surface area contributed by atoms with Gasteiger partial charge >= 0.3 is 6.18 Å². The van der Waals surface area contributed by atoms with E-state index in [1.807, 2.05) is 26.0 Å². The summed E-state index contributed by atoms with van der Waals surface area (Å²) < 4.78 is 38.3. The zero-order chi connectivity index (χ0) is 20.3. The molecular weight excluding hydrogens is 369 g/mol. The van der Waals surface area contributed by atoms with Crippen LogP contribution >= 0.6 is 0 Å². The molecule has 8 heteroatoms. The summed E-state index contributed by atoms with van der Waals surface area (Å²) in [6.07, 6.45) is -1.88. The van der Waals surface area contributed by atoms with Gasteiger partial charge in [0.2, 0.25) is 0 Å². The molecule has 0 aliphatic rings. The van der Waals surface area contributed by atoms with Gasteiger partial charge in [0.25, 0.3) is 5.91 Å². The van der Waals surface area contributed by atoms with Crippen LogP contribution in [0.4, 0.5) is 30.4 Å². The highest BCUT2D eigenvalue weighted by Gasteiger charge is 2.30. The number of carbonyl (C=O) groups excluding carboxylic acids is 1. The number of nitrogens with one attached hydrogen (secondary N) is 2. The third-order valence-electron chi connectivity index (χ3n) is 3.98. The van der Waals surface area contributed by atoms with E-state index in [0.29, 0.717) is 5.69 Å². The van der Waals surface area contributed by atoms with Crippen molar-refractivity contribution in [1.29, 1.82) is 0 Å². The number of rotatable bonds is 4. The van der Waals surface area contributed by atoms with Crippen molar-refractivity contribution in [2.45, 2.75) is 20.0 Å². The minimum atomic E-state index is -4.43. The van der Waals surface area contributed by atoms with Crippen LogP contribution in [0, 0.1) is 13.8 Å². The van der Waals surface area contributed by atoms with Crippen LogP contribution in [0.3, 0.4) is 0 Å². The van der Waals surface area contributed by atoms with Crippen molar-refractivity contribution in [3.63, 3.8) is 0 Å². The minimum absolute atomic E-state index is 0.0922. The fraction of sp³-hybridized carbons (Fsp3) is 0.150. The lowest BCUT2D eigenvalue weighted by atomic mass is 10.1. The van der Waals surface area contributed by atoms with Crippen molar-refractivity contribution in [3.8, 4) is 0 Å². The van der Waals surface area contributed by atoms with Crippen molar-refractivity contribution >= 4 is 23.1 Å². The van der Waals surface area contributed by atoms with Gasteiger partial charge in [-0.05, 0) is 43.7 Å². The fourth-order valence-electron chi connectivity index (χ4n) is 2.57. The summed E-state index contributed by atoms with van der Waals surface area (Å²) in [5, 5.41) is 5.50. The summed E-state index contributed by atoms with van der Waals surface area (Å²) in [4.78, 5) is 20.4. The van der Waals surface area contributed by atoms with E-state index in [2.05, 4.69) is 20.6 Å². The Labute approximate surface area is 159 Å². The van der Waals surface area contributed by atoms with Gasteiger partial charge in [-0.15, -0.1) is 0 Å². The third kappa shape index (κ3) is 4.64. The normalized spacial score (nSPS) is 11.2. The Morgan fingerprint density at radius 3 is 2.43 bits per heavy atom. The molecule has 0 unspecified atom stereocenters. The molecular formula is C20H17F3N4O. The molecule has 5 nitrogen and oxygen atoms in total. The lowest BCUT2D eigenvalue weighted by Gasteiger charge is -2.11. The van der Waals surface area contributed by atoms with Crippen LogP contribution < -0.4 is 10.6 Å². The van der Waals surface area contributed by atoms with Crippen LogP contribution in [-0.4, -0.2) is 15.9 Å². The number of aromatic nitrogens is 2. The summed E-state index contributed by atoms with van der Waals surface area (Å²) in [5.74, 6) is -0.201. The first-order valence-corrected chi connectivity index (χ1v) is 8.37. The van der Waals surface area contributed by atoms with Gasteiger partial charge in [0, 0.05) is 11.4 Å². The number of aryl methyl sites for hydroxylation is 2. The predicted octanol–water partition coefficient (Wildman–Crippen LogP) is 5.11. The molecule has 0 spiro atoms. The van der Waals surface area contributed by atoms with Crippen LogP contribution in [0.25, 0.3) is 0 Å². The van der Waals surface area contributed by atoms with Gasteiger partial charge in [-0.25, -0.2) is 9.97 Å². The van der Waals surface area contributed by atoms with Crippen LogP contribution in [0.1, 0.15) is 27.2 Å². The summed E-state index contributed by atoms with van der Waals surface area (Å²) in [7, 11) is 0. The molecule has 0 saturated carbocycles. The highest BCUT2D eigenvalue weighted by atomic mass is 19.4. The van der Waals surface area contributed by atoms with Crippen LogP contribution in [0.2, 0.25) is 0 Å². The predicted molar refractivity (Wildman–Crippen MR) is 101 cm³/mol. The van der Waals surface area contributed by atoms with E-state index in [0.717, 1.165) is 23.3 Å². The first kappa shape index (κ1) is 19.3. The molecule has 3 rings (SSSR count). The number of amides is 1. The highest BCUT2D eigenvalue weighted by molar-refractivity contribution is 6.03. The molecule has 2 aromatic carbocycles. The lowest BCUT2D eigenvalue weighted by molar-refractivity contribution is -0.137. The van der Waals surface area contributed by atoms with E-state index in [9.17, 15) is 18.0 Å². The van der Waals surface area contributed by atoms with Crippen molar-refractivity contribution in [2.24, 2.45) is 0 Å². The quantitative estimate of drug-likeness (QED) is 0.654. The average Bonchev–Trinajstić information content (AvgIpc) is 2.64. The molecule has 0 radical (unpaired) electrons. The van der Waals surface area contributed by atoms with E-state index in [1.54, 1.807) is 6.07 Å². The number of halogens is 3. The molecule has 1 amide bonds. The largest absolute Gasteiger partial charge is 0.416 e. The highest BCUT2D eigenvalue weighted by Crippen LogP contribution is 2.31. The Morgan fingerprint density at radius 1 is 1.00 bits per heavy atom. The van der Waals surface area contributed by atoms with Crippen molar-refractivity contribution in [1.82, 2.24) is 9.97 Å². The van der Waals surface area contributed by atoms with Crippen molar-refractivity contribution in [2.75, 3.05) is 10.6 Å². The molecule has 3 aromatic rings. The zero-order valence-electron chi connectivity index (χ0n) is 15.1. The molecule has 0 bridgehead atoms. The minimum Gasteiger partial charge on any atom is -0.339 e. The first-order chi connectivity index (χ1) is 13.2. The van der Waals surface area contributed by atoms with E-state index < -0.39 is 17.6 Å². The maximum atomic E-state index is 12.8. The molecule has 1 aromatic heterocycles. The van der Waals surface area contributed by atoms with Crippen LogP contribution in [0.15, 0.2) is 54.9 Å². The second-order valence-electron chi connectivity index (χ2n) is 6.26. The van der Waals surface area contributed by atoms with Gasteiger partial charge in [0.15, 0.2) is 0 Å². The molecule has 0 fully saturated rings. The van der Waals surface area contributed by atoms with Crippen LogP contribution in [0.5, 0.6) is 0 Å². The monoisotopic (exact) mass is 386 g/mol. The smallest absolute Gasteiger partial charge is 0.339 e. The van der Waals surface area contributed by atoms with Gasteiger partial charge in [-0.3, -0.25) is 4.79 Å². The Morgan fingerprint density at radius 2 is 1.79 bits per heavy atom. The van der Waals surface area contributed by atoms with Crippen molar-refractivity contribution in [3.05, 3.63) is 77.2 Å². The molecule has 28 heavy (non-hydrogen) atoms. The first-order valence-electron chi connectivity index (χ1n) is 8.37. The molecule has 0 aliphatic heterocycles. The molecule has 1 heterocycles. The number of hydrogen-bond donors (Lipinski definition) is 2. The molecule has 0 atom stereocenters. The SMILES string of the molecule is Cc1ccc(NC(=O)c2cnc(Nc3cccc(C(F)(F)F)c3)cn2)c(C)c1. The standard InChI is InChI=1S/C20H17F3N4O/c1-12-6-7-16(13(2)8-12)27-19(28)17-10-25-18(11-24-17)26-15-5-3-4-14(9-15)20(21,22)23/h3-11H,1-2H3,(H,25,26)(H,27,28). The van der Waals surface area contributed by atoms with Gasteiger partial charge in [-0.1, -0.05) is 23.8 Å². The molecule has 0 saturated heterocycles. The zero-order valence-corrected chi connectivity index (χ0v) is 15.1. The van der Waals surface area contributed by atoms with Crippen molar-refractivity contribution < 1.29 is 18.0 Å². The summed E-state index contributed by atoms with van der Waals surface area (Å²) in [5.41, 5.74) is 2.22. The second kappa shape index (κ2) is 7.67. The summed E-state index contributed by atoms with van der Waals surface area (Å²) >= 11 is 0. The number of alkyl halides is 3. The Hall–Kier alpha value is -3.42. The van der Waals surface area contributed by atoms with E-state index in [-0.39, 0.29) is 17.2 Å². The summed E-state index contributed by atoms with van der Waals surface area (Å²) in [6.45, 7) is 3.84.